The molecule has 84 valence electrons. The second kappa shape index (κ2) is 6.05. The number of hydrogen-bond acceptors (Lipinski definition) is 5. The van der Waals surface area contributed by atoms with Gasteiger partial charge in [-0.25, -0.2) is 4.79 Å². The molecule has 8 nitrogen and oxygen atoms in total. The number of carboxylic acid groups (broad SMARTS) is 2. The maximum Gasteiger partial charge on any atom is 0.750 e. The lowest BCUT2D eigenvalue weighted by molar-refractivity contribution is -0.151. The van der Waals surface area contributed by atoms with Gasteiger partial charge in [-0.15, -0.1) is 4.89 Å². The quantitative estimate of drug-likeness (QED) is 0.539. The Bertz CT molecular complexity index is 298. The monoisotopic (exact) mass is 239 g/mol. The van der Waals surface area contributed by atoms with Crippen molar-refractivity contribution >= 4 is 26.2 Å². The zero-order valence-corrected chi connectivity index (χ0v) is 8.22. The Hall–Kier alpha value is -1.53. The molecule has 0 aromatic rings. The second-order valence-corrected chi connectivity index (χ2v) is 3.20. The number of carbonyl (C=O) groups excluding carboxylic acids is 1. The van der Waals surface area contributed by atoms with Gasteiger partial charge in [0.1, 0.15) is 0 Å². The Morgan fingerprint density at radius 2 is 1.73 bits per heavy atom. The molecule has 0 aromatic heterocycles. The molecule has 0 rings (SSSR count). The lowest BCUT2D eigenvalue weighted by Crippen LogP contribution is -2.21. The minimum Gasteiger partial charge on any atom is -0.481 e. The lowest BCUT2D eigenvalue weighted by atomic mass is 10.0. The molecule has 0 bridgehead atoms. The Morgan fingerprint density at radius 3 is 2.07 bits per heavy atom. The molecule has 15 heavy (non-hydrogen) atoms. The summed E-state index contributed by atoms with van der Waals surface area (Å²) in [6.45, 7) is 0. The van der Waals surface area contributed by atoms with Gasteiger partial charge >= 0.3 is 26.2 Å². The lowest BCUT2D eigenvalue weighted by Gasteiger charge is -2.04. The molecule has 0 radical (unpaired) electrons. The molecule has 0 spiro atoms. The number of aliphatic carboxylic acids is 2. The van der Waals surface area contributed by atoms with Gasteiger partial charge in [-0.1, -0.05) is 0 Å². The van der Waals surface area contributed by atoms with Gasteiger partial charge in [-0.2, -0.15) is 4.52 Å². The summed E-state index contributed by atoms with van der Waals surface area (Å²) in [5.41, 5.74) is 0. The molecule has 2 unspecified atom stereocenters. The van der Waals surface area contributed by atoms with Crippen LogP contribution in [0.3, 0.4) is 0 Å². The first-order valence-corrected chi connectivity index (χ1v) is 4.77. The van der Waals surface area contributed by atoms with E-state index in [-0.39, 0.29) is 0 Å². The molecule has 0 saturated heterocycles. The van der Waals surface area contributed by atoms with E-state index in [0.29, 0.717) is 0 Å². The van der Waals surface area contributed by atoms with Gasteiger partial charge in [0.15, 0.2) is 0 Å². The molecule has 0 aliphatic carbocycles. The van der Waals surface area contributed by atoms with Crippen molar-refractivity contribution in [3.63, 3.8) is 0 Å². The van der Waals surface area contributed by atoms with Crippen molar-refractivity contribution in [2.24, 2.45) is 5.92 Å². The summed E-state index contributed by atoms with van der Waals surface area (Å²) >= 11 is 0. The Kier molecular flexibility index (Phi) is 5.43. The molecular weight excluding hydrogens is 231 g/mol. The molecule has 0 fully saturated rings. The number of hydrogen-bond donors (Lipinski definition) is 3. The van der Waals surface area contributed by atoms with E-state index >= 15 is 0 Å². The third-order valence-corrected chi connectivity index (χ3v) is 1.72. The molecule has 0 heterocycles. The van der Waals surface area contributed by atoms with E-state index in [1.54, 1.807) is 0 Å². The smallest absolute Gasteiger partial charge is 0.481 e. The SMILES string of the molecule is O=C(O)CC(CC(=O)O[P+](=O)O)C(=O)O. The second-order valence-electron chi connectivity index (χ2n) is 2.54. The maximum absolute atomic E-state index is 10.7. The highest BCUT2D eigenvalue weighted by Crippen LogP contribution is 2.19. The van der Waals surface area contributed by atoms with E-state index < -0.39 is 44.9 Å². The number of carbonyl (C=O) groups is 3. The Labute approximate surface area is 84.4 Å². The van der Waals surface area contributed by atoms with Gasteiger partial charge in [-0.3, -0.25) is 9.59 Å². The highest BCUT2D eigenvalue weighted by Gasteiger charge is 2.29. The van der Waals surface area contributed by atoms with Crippen LogP contribution in [-0.4, -0.2) is 33.0 Å². The van der Waals surface area contributed by atoms with Crippen LogP contribution < -0.4 is 0 Å². The summed E-state index contributed by atoms with van der Waals surface area (Å²) in [4.78, 5) is 39.5. The molecule has 3 N–H and O–H groups in total. The van der Waals surface area contributed by atoms with Crippen LogP contribution in [0.5, 0.6) is 0 Å². The Balaban J connectivity index is 4.28. The predicted octanol–water partition coefficient (Wildman–Crippen LogP) is -0.255. The van der Waals surface area contributed by atoms with Crippen LogP contribution in [0.4, 0.5) is 0 Å². The molecule has 9 heteroatoms. The van der Waals surface area contributed by atoms with Crippen LogP contribution in [0.15, 0.2) is 0 Å². The average Bonchev–Trinajstić information content (AvgIpc) is 1.99. The van der Waals surface area contributed by atoms with Crippen LogP contribution in [-0.2, 0) is 23.5 Å². The minimum atomic E-state index is -3.15. The molecule has 2 atom stereocenters. The van der Waals surface area contributed by atoms with Crippen molar-refractivity contribution in [1.29, 1.82) is 0 Å². The summed E-state index contributed by atoms with van der Waals surface area (Å²) in [5, 5.41) is 16.8. The fraction of sp³-hybridized carbons (Fsp3) is 0.500. The zero-order valence-electron chi connectivity index (χ0n) is 7.32. The van der Waals surface area contributed by atoms with Gasteiger partial charge in [0.2, 0.25) is 0 Å². The van der Waals surface area contributed by atoms with Crippen LogP contribution in [0.2, 0.25) is 0 Å². The topological polar surface area (TPSA) is 138 Å². The van der Waals surface area contributed by atoms with Crippen molar-refractivity contribution in [3.05, 3.63) is 0 Å². The fourth-order valence-electron chi connectivity index (χ4n) is 0.783. The van der Waals surface area contributed by atoms with Crippen molar-refractivity contribution in [2.75, 3.05) is 0 Å². The zero-order chi connectivity index (χ0) is 12.0. The summed E-state index contributed by atoms with van der Waals surface area (Å²) in [6, 6.07) is 0. The molecular formula is C6H8O8P+. The van der Waals surface area contributed by atoms with E-state index in [1.807, 2.05) is 0 Å². The van der Waals surface area contributed by atoms with E-state index in [0.717, 1.165) is 0 Å². The Morgan fingerprint density at radius 1 is 1.20 bits per heavy atom. The highest BCUT2D eigenvalue weighted by molar-refractivity contribution is 7.32. The first kappa shape index (κ1) is 13.5. The number of carboxylic acids is 2. The van der Waals surface area contributed by atoms with E-state index in [2.05, 4.69) is 4.52 Å². The van der Waals surface area contributed by atoms with Gasteiger partial charge in [0.25, 0.3) is 0 Å². The number of rotatable bonds is 6. The molecule has 0 amide bonds. The van der Waals surface area contributed by atoms with Gasteiger partial charge < -0.3 is 10.2 Å². The van der Waals surface area contributed by atoms with E-state index in [1.165, 1.54) is 0 Å². The molecule has 0 aliphatic rings. The summed E-state index contributed by atoms with van der Waals surface area (Å²) < 4.78 is 13.8. The maximum atomic E-state index is 10.7. The normalized spacial score (nSPS) is 12.7. The van der Waals surface area contributed by atoms with Crippen molar-refractivity contribution in [2.45, 2.75) is 12.8 Å². The van der Waals surface area contributed by atoms with Crippen molar-refractivity contribution < 1.29 is 38.6 Å². The van der Waals surface area contributed by atoms with Gasteiger partial charge in [0.05, 0.1) is 18.8 Å². The third-order valence-electron chi connectivity index (χ3n) is 1.36. The first-order valence-electron chi connectivity index (χ1n) is 3.64. The van der Waals surface area contributed by atoms with E-state index in [9.17, 15) is 18.9 Å². The fourth-order valence-corrected chi connectivity index (χ4v) is 1.03. The predicted molar refractivity (Wildman–Crippen MR) is 43.9 cm³/mol. The van der Waals surface area contributed by atoms with E-state index in [4.69, 9.17) is 15.1 Å². The molecule has 0 saturated carbocycles. The minimum absolute atomic E-state index is 0.757. The van der Waals surface area contributed by atoms with Gasteiger partial charge in [-0.05, 0) is 0 Å². The average molecular weight is 239 g/mol. The van der Waals surface area contributed by atoms with Crippen LogP contribution in [0, 0.1) is 5.92 Å². The summed E-state index contributed by atoms with van der Waals surface area (Å²) in [5.74, 6) is -5.57. The van der Waals surface area contributed by atoms with Crippen LogP contribution in [0.25, 0.3) is 0 Å². The third kappa shape index (κ3) is 6.53. The van der Waals surface area contributed by atoms with Crippen LogP contribution in [0.1, 0.15) is 12.8 Å². The first-order chi connectivity index (χ1) is 6.82. The van der Waals surface area contributed by atoms with Gasteiger partial charge in [0, 0.05) is 4.57 Å². The summed E-state index contributed by atoms with van der Waals surface area (Å²) in [7, 11) is -3.15. The van der Waals surface area contributed by atoms with Crippen molar-refractivity contribution in [3.8, 4) is 0 Å². The van der Waals surface area contributed by atoms with Crippen molar-refractivity contribution in [1.82, 2.24) is 0 Å². The molecule has 0 aromatic carbocycles. The van der Waals surface area contributed by atoms with Crippen LogP contribution >= 0.6 is 8.25 Å². The highest BCUT2D eigenvalue weighted by atomic mass is 31.1. The molecule has 0 aliphatic heterocycles. The summed E-state index contributed by atoms with van der Waals surface area (Å²) in [6.07, 6.45) is -1.52. The standard InChI is InChI=1S/C6H7O8P/c7-4(8)1-3(6(10)11)2-5(9)14-15(12)13/h3H,1-2H2,(H2-,7,8,10,11,12,13)/p+1. The largest absolute Gasteiger partial charge is 0.750 e.